The summed E-state index contributed by atoms with van der Waals surface area (Å²) in [6.45, 7) is 1.86. The molecule has 34 heavy (non-hydrogen) atoms. The molecule has 0 spiro atoms. The first-order chi connectivity index (χ1) is 16.2. The molecule has 0 aliphatic rings. The number of nitrogens with zero attached hydrogens (tertiary/aromatic N) is 1. The number of rotatable bonds is 5. The predicted molar refractivity (Wildman–Crippen MR) is 125 cm³/mol. The number of hydrogen-bond donors (Lipinski definition) is 2. The lowest BCUT2D eigenvalue weighted by molar-refractivity contribution is -0.137. The molecule has 3 N–H and O–H groups in total. The number of benzene rings is 3. The van der Waals surface area contributed by atoms with Gasteiger partial charge in [0.15, 0.2) is 0 Å². The van der Waals surface area contributed by atoms with Crippen molar-refractivity contribution in [1.82, 2.24) is 10.3 Å². The Kier molecular flexibility index (Phi) is 6.15. The average molecular weight is 465 g/mol. The van der Waals surface area contributed by atoms with E-state index >= 15 is 0 Å². The van der Waals surface area contributed by atoms with Crippen molar-refractivity contribution in [3.63, 3.8) is 0 Å². The van der Waals surface area contributed by atoms with Crippen molar-refractivity contribution in [3.8, 4) is 17.0 Å². The Hall–Kier alpha value is -4.07. The summed E-state index contributed by atoms with van der Waals surface area (Å²) < 4.78 is 44.2. The number of nitrogens with one attached hydrogen (secondary N) is 1. The van der Waals surface area contributed by atoms with E-state index in [1.54, 1.807) is 36.4 Å². The van der Waals surface area contributed by atoms with Crippen LogP contribution in [0, 0.1) is 0 Å². The second-order valence-electron chi connectivity index (χ2n) is 7.88. The van der Waals surface area contributed by atoms with Gasteiger partial charge in [-0.15, -0.1) is 0 Å². The number of halogens is 3. The number of alkyl halides is 3. The maximum atomic E-state index is 12.9. The highest BCUT2D eigenvalue weighted by Gasteiger charge is 2.30. The number of amides is 1. The number of nitrogens with two attached hydrogens (primary N) is 1. The summed E-state index contributed by atoms with van der Waals surface area (Å²) in [5.74, 6) is 0.206. The predicted octanol–water partition coefficient (Wildman–Crippen LogP) is 6.00. The number of carbonyl (C=O) groups is 1. The summed E-state index contributed by atoms with van der Waals surface area (Å²) in [4.78, 5) is 17.5. The molecule has 8 heteroatoms. The summed E-state index contributed by atoms with van der Waals surface area (Å²) in [6, 6.07) is 18.4. The van der Waals surface area contributed by atoms with Crippen LogP contribution in [0.15, 0.2) is 72.8 Å². The minimum Gasteiger partial charge on any atom is -0.496 e. The van der Waals surface area contributed by atoms with Crippen molar-refractivity contribution >= 4 is 22.5 Å². The van der Waals surface area contributed by atoms with E-state index in [-0.39, 0.29) is 11.9 Å². The topological polar surface area (TPSA) is 77.2 Å². The van der Waals surface area contributed by atoms with Crippen LogP contribution >= 0.6 is 0 Å². The Balaban J connectivity index is 1.66. The molecule has 4 aromatic rings. The van der Waals surface area contributed by atoms with Gasteiger partial charge in [0.1, 0.15) is 5.75 Å². The highest BCUT2D eigenvalue weighted by atomic mass is 19.4. The number of methoxy groups -OCH3 is 1. The molecule has 4 rings (SSSR count). The Morgan fingerprint density at radius 3 is 2.41 bits per heavy atom. The van der Waals surface area contributed by atoms with Gasteiger partial charge in [0.2, 0.25) is 0 Å². The SMILES string of the molecule is COc1cc(-c2ccc(C(F)(F)F)cc2)nc2cc(C(=O)N[C@@H](C)c3cccc(N)c3)ccc12. The molecule has 1 aromatic heterocycles. The monoisotopic (exact) mass is 465 g/mol. The van der Waals surface area contributed by atoms with Crippen LogP contribution in [-0.2, 0) is 6.18 Å². The van der Waals surface area contributed by atoms with E-state index in [2.05, 4.69) is 10.3 Å². The summed E-state index contributed by atoms with van der Waals surface area (Å²) in [5, 5.41) is 3.62. The van der Waals surface area contributed by atoms with Crippen LogP contribution in [0.1, 0.15) is 34.5 Å². The van der Waals surface area contributed by atoms with Crippen molar-refractivity contribution < 1.29 is 22.7 Å². The van der Waals surface area contributed by atoms with Gasteiger partial charge in [-0.3, -0.25) is 4.79 Å². The highest BCUT2D eigenvalue weighted by molar-refractivity contribution is 5.99. The van der Waals surface area contributed by atoms with E-state index in [1.165, 1.54) is 19.2 Å². The van der Waals surface area contributed by atoms with Crippen molar-refractivity contribution in [1.29, 1.82) is 0 Å². The number of hydrogen-bond acceptors (Lipinski definition) is 4. The molecule has 1 atom stereocenters. The van der Waals surface area contributed by atoms with Gasteiger partial charge >= 0.3 is 6.18 Å². The van der Waals surface area contributed by atoms with E-state index < -0.39 is 11.7 Å². The summed E-state index contributed by atoms with van der Waals surface area (Å²) in [6.07, 6.45) is -4.42. The Labute approximate surface area is 194 Å². The second kappa shape index (κ2) is 9.05. The number of aromatic nitrogens is 1. The van der Waals surface area contributed by atoms with Crippen molar-refractivity contribution in [2.24, 2.45) is 0 Å². The molecule has 0 bridgehead atoms. The van der Waals surface area contributed by atoms with E-state index in [0.29, 0.717) is 39.2 Å². The summed E-state index contributed by atoms with van der Waals surface area (Å²) in [7, 11) is 1.50. The first-order valence-electron chi connectivity index (χ1n) is 10.5. The van der Waals surface area contributed by atoms with Crippen LogP contribution < -0.4 is 15.8 Å². The van der Waals surface area contributed by atoms with Gasteiger partial charge in [-0.2, -0.15) is 13.2 Å². The Morgan fingerprint density at radius 2 is 1.76 bits per heavy atom. The fourth-order valence-corrected chi connectivity index (χ4v) is 3.68. The molecule has 0 saturated carbocycles. The quantitative estimate of drug-likeness (QED) is 0.354. The normalized spacial score (nSPS) is 12.4. The summed E-state index contributed by atoms with van der Waals surface area (Å²) in [5.41, 5.74) is 8.38. The molecule has 174 valence electrons. The molecule has 0 aliphatic heterocycles. The molecule has 3 aromatic carbocycles. The Bertz CT molecular complexity index is 1350. The van der Waals surface area contributed by atoms with E-state index in [9.17, 15) is 18.0 Å². The van der Waals surface area contributed by atoms with Gasteiger partial charge in [0, 0.05) is 28.3 Å². The lowest BCUT2D eigenvalue weighted by atomic mass is 10.0. The van der Waals surface area contributed by atoms with Crippen molar-refractivity contribution in [2.45, 2.75) is 19.1 Å². The third-order valence-corrected chi connectivity index (χ3v) is 5.52. The van der Waals surface area contributed by atoms with E-state index in [4.69, 9.17) is 10.5 Å². The van der Waals surface area contributed by atoms with Gasteiger partial charge in [-0.1, -0.05) is 24.3 Å². The maximum Gasteiger partial charge on any atom is 0.416 e. The smallest absolute Gasteiger partial charge is 0.416 e. The zero-order valence-corrected chi connectivity index (χ0v) is 18.5. The molecule has 0 radical (unpaired) electrons. The standard InChI is InChI=1S/C26H22F3N3O2/c1-15(17-4-3-5-20(30)12-17)31-25(33)18-8-11-21-23(13-18)32-22(14-24(21)34-2)16-6-9-19(10-7-16)26(27,28)29/h3-15H,30H2,1-2H3,(H,31,33)/t15-/m0/s1. The molecule has 0 unspecified atom stereocenters. The molecule has 0 saturated heterocycles. The van der Waals surface area contributed by atoms with Crippen molar-refractivity contribution in [3.05, 3.63) is 89.5 Å². The number of pyridine rings is 1. The first kappa shape index (κ1) is 23.1. The van der Waals surface area contributed by atoms with Crippen LogP contribution in [0.3, 0.4) is 0 Å². The minimum absolute atomic E-state index is 0.271. The molecule has 0 fully saturated rings. The fourth-order valence-electron chi connectivity index (χ4n) is 3.68. The minimum atomic E-state index is -4.42. The van der Waals surface area contributed by atoms with Crippen molar-refractivity contribution in [2.75, 3.05) is 12.8 Å². The first-order valence-corrected chi connectivity index (χ1v) is 10.5. The third kappa shape index (κ3) is 4.80. The molecule has 0 aliphatic carbocycles. The maximum absolute atomic E-state index is 12.9. The lowest BCUT2D eigenvalue weighted by Crippen LogP contribution is -2.26. The van der Waals surface area contributed by atoms with Crippen LogP contribution in [-0.4, -0.2) is 18.0 Å². The number of carbonyl (C=O) groups excluding carboxylic acids is 1. The van der Waals surface area contributed by atoms with Crippen LogP contribution in [0.5, 0.6) is 5.75 Å². The van der Waals surface area contributed by atoms with Crippen LogP contribution in [0.2, 0.25) is 0 Å². The number of ether oxygens (including phenoxy) is 1. The molecular formula is C26H22F3N3O2. The molecule has 1 amide bonds. The van der Waals surface area contributed by atoms with Gasteiger partial charge in [-0.25, -0.2) is 4.98 Å². The number of anilines is 1. The lowest BCUT2D eigenvalue weighted by Gasteiger charge is -2.15. The number of fused-ring (bicyclic) bond motifs is 1. The van der Waals surface area contributed by atoms with Gasteiger partial charge in [0.05, 0.1) is 29.9 Å². The zero-order chi connectivity index (χ0) is 24.5. The molecule has 1 heterocycles. The highest BCUT2D eigenvalue weighted by Crippen LogP contribution is 2.33. The van der Waals surface area contributed by atoms with Gasteiger partial charge in [-0.05, 0) is 55.0 Å². The molecular weight excluding hydrogens is 443 g/mol. The van der Waals surface area contributed by atoms with E-state index in [1.807, 2.05) is 19.1 Å². The average Bonchev–Trinajstić information content (AvgIpc) is 2.82. The summed E-state index contributed by atoms with van der Waals surface area (Å²) >= 11 is 0. The van der Waals surface area contributed by atoms with Crippen LogP contribution in [0.4, 0.5) is 18.9 Å². The largest absolute Gasteiger partial charge is 0.496 e. The number of nitrogen functional groups attached to an aromatic ring is 1. The fraction of sp³-hybridized carbons (Fsp3) is 0.154. The third-order valence-electron chi connectivity index (χ3n) is 5.52. The Morgan fingerprint density at radius 1 is 1.03 bits per heavy atom. The zero-order valence-electron chi connectivity index (χ0n) is 18.5. The van der Waals surface area contributed by atoms with Gasteiger partial charge < -0.3 is 15.8 Å². The van der Waals surface area contributed by atoms with Crippen LogP contribution in [0.25, 0.3) is 22.2 Å². The van der Waals surface area contributed by atoms with Gasteiger partial charge in [0.25, 0.3) is 5.91 Å². The van der Waals surface area contributed by atoms with E-state index in [0.717, 1.165) is 17.7 Å². The second-order valence-corrected chi connectivity index (χ2v) is 7.88. The molecule has 5 nitrogen and oxygen atoms in total.